The van der Waals surface area contributed by atoms with Gasteiger partial charge in [0.1, 0.15) is 17.6 Å². The third-order valence-corrected chi connectivity index (χ3v) is 8.63. The number of pyridine rings is 1. The van der Waals surface area contributed by atoms with E-state index in [-0.39, 0.29) is 44.8 Å². The Morgan fingerprint density at radius 1 is 0.865 bits per heavy atom. The SMILES string of the molecule is CN(CC(N)=O)C(=O)[C@H](Cc1cccnc1)NC(=O)C(CC(N)=O)NC(=O)CNC(=O)C1(NC(=O)CCc2ccc3ccccc3c2)CCOCC1. The molecule has 0 radical (unpaired) electrons. The van der Waals surface area contributed by atoms with Gasteiger partial charge in [-0.15, -0.1) is 0 Å². The highest BCUT2D eigenvalue weighted by atomic mass is 16.5. The Morgan fingerprint density at radius 2 is 1.60 bits per heavy atom. The maximum absolute atomic E-state index is 13.5. The number of nitrogens with two attached hydrogens (primary N) is 2. The quantitative estimate of drug-likeness (QED) is 0.1000. The fraction of sp³-hybridized carbons (Fsp3) is 0.389. The lowest BCUT2D eigenvalue weighted by atomic mass is 9.88. The number of nitrogens with zero attached hydrogens (tertiary/aromatic N) is 2. The number of hydrogen-bond acceptors (Lipinski definition) is 9. The van der Waals surface area contributed by atoms with Crippen LogP contribution in [0.25, 0.3) is 10.8 Å². The van der Waals surface area contributed by atoms with Crippen LogP contribution >= 0.6 is 0 Å². The molecule has 1 fully saturated rings. The van der Waals surface area contributed by atoms with Crippen LogP contribution in [0, 0.1) is 0 Å². The third kappa shape index (κ3) is 11.3. The number of ether oxygens (including phenoxy) is 1. The van der Waals surface area contributed by atoms with E-state index in [0.29, 0.717) is 12.0 Å². The molecule has 16 heteroatoms. The Labute approximate surface area is 300 Å². The van der Waals surface area contributed by atoms with E-state index in [0.717, 1.165) is 21.2 Å². The Morgan fingerprint density at radius 3 is 2.27 bits per heavy atom. The van der Waals surface area contributed by atoms with E-state index < -0.39 is 72.6 Å². The molecular weight excluding hydrogens is 672 g/mol. The monoisotopic (exact) mass is 716 g/mol. The number of aromatic nitrogens is 1. The summed E-state index contributed by atoms with van der Waals surface area (Å²) in [6.07, 6.45) is 3.29. The van der Waals surface area contributed by atoms with Crippen molar-refractivity contribution in [3.05, 3.63) is 78.1 Å². The first-order chi connectivity index (χ1) is 24.8. The van der Waals surface area contributed by atoms with Crippen molar-refractivity contribution >= 4 is 52.1 Å². The highest BCUT2D eigenvalue weighted by Crippen LogP contribution is 2.22. The van der Waals surface area contributed by atoms with Crippen LogP contribution in [0.3, 0.4) is 0 Å². The van der Waals surface area contributed by atoms with Crippen LogP contribution in [0.5, 0.6) is 0 Å². The Hall–Kier alpha value is -5.90. The molecule has 1 aromatic heterocycles. The lowest BCUT2D eigenvalue weighted by Crippen LogP contribution is -2.62. The summed E-state index contributed by atoms with van der Waals surface area (Å²) in [5, 5.41) is 12.5. The molecule has 1 aliphatic rings. The second-order valence-corrected chi connectivity index (χ2v) is 12.7. The van der Waals surface area contributed by atoms with E-state index in [2.05, 4.69) is 26.3 Å². The van der Waals surface area contributed by atoms with Gasteiger partial charge in [0.15, 0.2) is 0 Å². The van der Waals surface area contributed by atoms with E-state index in [9.17, 15) is 33.6 Å². The zero-order valence-electron chi connectivity index (χ0n) is 28.9. The number of hydrogen-bond donors (Lipinski definition) is 6. The van der Waals surface area contributed by atoms with Crippen molar-refractivity contribution in [2.75, 3.05) is 33.4 Å². The Bertz CT molecular complexity index is 1780. The molecule has 4 rings (SSSR count). The van der Waals surface area contributed by atoms with E-state index in [1.807, 2.05) is 42.5 Å². The van der Waals surface area contributed by atoms with Crippen molar-refractivity contribution in [1.82, 2.24) is 31.2 Å². The molecule has 1 unspecified atom stereocenters. The van der Waals surface area contributed by atoms with Gasteiger partial charge in [-0.1, -0.05) is 48.5 Å². The largest absolute Gasteiger partial charge is 0.381 e. The Kier molecular flexibility index (Phi) is 13.7. The number of amides is 7. The van der Waals surface area contributed by atoms with Crippen molar-refractivity contribution in [1.29, 1.82) is 0 Å². The van der Waals surface area contributed by atoms with Crippen LogP contribution in [0.1, 0.15) is 36.8 Å². The maximum atomic E-state index is 13.5. The third-order valence-electron chi connectivity index (χ3n) is 8.63. The lowest BCUT2D eigenvalue weighted by molar-refractivity contribution is -0.139. The number of fused-ring (bicyclic) bond motifs is 1. The number of nitrogens with one attached hydrogen (secondary N) is 4. The van der Waals surface area contributed by atoms with Gasteiger partial charge in [0.2, 0.25) is 41.4 Å². The minimum absolute atomic E-state index is 0.0331. The zero-order chi connectivity index (χ0) is 37.7. The van der Waals surface area contributed by atoms with Gasteiger partial charge in [-0.2, -0.15) is 0 Å². The van der Waals surface area contributed by atoms with Gasteiger partial charge in [0.05, 0.1) is 19.5 Å². The molecule has 0 bridgehead atoms. The summed E-state index contributed by atoms with van der Waals surface area (Å²) in [6.45, 7) is -0.605. The standard InChI is InChI=1S/C36H44N8O8/c1-44(22-30(38)46)34(50)28(18-24-5-4-14-39-20-24)42-33(49)27(19-29(37)45)41-32(48)21-40-35(51)36(12-15-52-16-13-36)43-31(47)11-9-23-8-10-25-6-2-3-7-26(25)17-23/h2-8,10,14,17,20,27-28H,9,11-13,15-16,18-19,21-22H2,1H3,(H2,37,45)(H2,38,46)(H,40,51)(H,41,48)(H,42,49)(H,43,47)/t27?,28-/m0/s1. The molecule has 16 nitrogen and oxygen atoms in total. The van der Waals surface area contributed by atoms with Crippen LogP contribution in [0.15, 0.2) is 67.0 Å². The van der Waals surface area contributed by atoms with Gasteiger partial charge in [0.25, 0.3) is 0 Å². The van der Waals surface area contributed by atoms with Gasteiger partial charge in [-0.25, -0.2) is 0 Å². The van der Waals surface area contributed by atoms with Crippen LogP contribution in [-0.4, -0.2) is 102 Å². The van der Waals surface area contributed by atoms with Gasteiger partial charge in [-0.3, -0.25) is 38.5 Å². The van der Waals surface area contributed by atoms with Crippen LogP contribution in [0.4, 0.5) is 0 Å². The predicted molar refractivity (Wildman–Crippen MR) is 189 cm³/mol. The van der Waals surface area contributed by atoms with Gasteiger partial charge < -0.3 is 42.4 Å². The number of carbonyl (C=O) groups excluding carboxylic acids is 7. The first-order valence-corrected chi connectivity index (χ1v) is 16.8. The second kappa shape index (κ2) is 18.4. The summed E-state index contributed by atoms with van der Waals surface area (Å²) in [5.74, 6) is -5.04. The molecule has 0 spiro atoms. The van der Waals surface area contributed by atoms with E-state index in [1.165, 1.54) is 19.4 Å². The van der Waals surface area contributed by atoms with Gasteiger partial charge in [0, 0.05) is 58.3 Å². The Balaban J connectivity index is 1.37. The molecular formula is C36H44N8O8. The number of primary amides is 2. The van der Waals surface area contributed by atoms with Crippen molar-refractivity contribution in [2.45, 2.75) is 56.1 Å². The number of aryl methyl sites for hydroxylation is 1. The summed E-state index contributed by atoms with van der Waals surface area (Å²) in [5.41, 5.74) is 10.8. The minimum Gasteiger partial charge on any atom is -0.381 e. The first kappa shape index (κ1) is 38.9. The molecule has 3 aromatic rings. The topological polar surface area (TPSA) is 245 Å². The molecule has 276 valence electrons. The second-order valence-electron chi connectivity index (χ2n) is 12.7. The highest BCUT2D eigenvalue weighted by Gasteiger charge is 2.41. The van der Waals surface area contributed by atoms with Crippen molar-refractivity contribution in [3.63, 3.8) is 0 Å². The zero-order valence-corrected chi connectivity index (χ0v) is 28.9. The average Bonchev–Trinajstić information content (AvgIpc) is 3.12. The molecule has 7 amide bonds. The molecule has 1 saturated heterocycles. The van der Waals surface area contributed by atoms with Crippen LogP contribution in [-0.2, 0) is 51.1 Å². The summed E-state index contributed by atoms with van der Waals surface area (Å²) < 4.78 is 5.44. The summed E-state index contributed by atoms with van der Waals surface area (Å²) in [6, 6.07) is 14.4. The maximum Gasteiger partial charge on any atom is 0.246 e. The smallest absolute Gasteiger partial charge is 0.246 e. The van der Waals surface area contributed by atoms with Crippen molar-refractivity contribution < 1.29 is 38.3 Å². The normalized spacial score (nSPS) is 14.6. The lowest BCUT2D eigenvalue weighted by Gasteiger charge is -2.36. The van der Waals surface area contributed by atoms with E-state index in [4.69, 9.17) is 16.2 Å². The fourth-order valence-corrected chi connectivity index (χ4v) is 5.90. The molecule has 0 saturated carbocycles. The molecule has 1 aliphatic heterocycles. The number of carbonyl (C=O) groups is 7. The van der Waals surface area contributed by atoms with Crippen molar-refractivity contribution in [3.8, 4) is 0 Å². The molecule has 2 aromatic carbocycles. The first-order valence-electron chi connectivity index (χ1n) is 16.8. The summed E-state index contributed by atoms with van der Waals surface area (Å²) in [7, 11) is 1.33. The average molecular weight is 717 g/mol. The predicted octanol–water partition coefficient (Wildman–Crippen LogP) is -1.02. The molecule has 2 atom stereocenters. The number of rotatable bonds is 17. The summed E-state index contributed by atoms with van der Waals surface area (Å²) in [4.78, 5) is 94.6. The minimum atomic E-state index is -1.51. The number of likely N-dealkylation sites (N-methyl/N-ethyl adjacent to an activating group) is 1. The van der Waals surface area contributed by atoms with Gasteiger partial charge in [-0.05, 0) is 34.4 Å². The highest BCUT2D eigenvalue weighted by molar-refractivity contribution is 5.97. The van der Waals surface area contributed by atoms with E-state index >= 15 is 0 Å². The van der Waals surface area contributed by atoms with Crippen LogP contribution < -0.4 is 32.7 Å². The van der Waals surface area contributed by atoms with E-state index in [1.54, 1.807) is 12.1 Å². The number of benzene rings is 2. The molecule has 2 heterocycles. The molecule has 8 N–H and O–H groups in total. The molecule has 0 aliphatic carbocycles. The van der Waals surface area contributed by atoms with Crippen LogP contribution in [0.2, 0.25) is 0 Å². The van der Waals surface area contributed by atoms with Gasteiger partial charge >= 0.3 is 0 Å². The van der Waals surface area contributed by atoms with Crippen molar-refractivity contribution in [2.24, 2.45) is 11.5 Å². The fourth-order valence-electron chi connectivity index (χ4n) is 5.90. The molecule has 52 heavy (non-hydrogen) atoms. The summed E-state index contributed by atoms with van der Waals surface area (Å²) >= 11 is 0.